The largest absolute Gasteiger partial charge is 0.480 e. The molecule has 0 aliphatic carbocycles. The molecular weight excluding hydrogens is 865 g/mol. The lowest BCUT2D eigenvalue weighted by Gasteiger charge is -2.10. The highest BCUT2D eigenvalue weighted by molar-refractivity contribution is 7.90. The number of aromatic carboxylic acids is 1. The van der Waals surface area contributed by atoms with Gasteiger partial charge >= 0.3 is 24.0 Å². The highest BCUT2D eigenvalue weighted by Gasteiger charge is 2.25. The standard InChI is InChI=1S/C14H16N6O6S.C12H9ClN2O3.C11H8ClNO3/c1-3-26-14-18-11(15-2)16-12(19-14)17-13(23)20-27(24,25)9-7-5-4-6-8(9)10(21)22;13-11-10(18-8-4-2-1-3-5-8)7-6-9(12(11)14)15(16)17;12-8-3-4-9(16-6-10(14)15)11-7(8)2-1-5-13-11/h4-7H,3H2,1-2H3,(H,21,22)(H3,15,16,17,18,19,20,23);1-7H,14H2;1-5H,6H2,(H,14,15). The van der Waals surface area contributed by atoms with Gasteiger partial charge in [0, 0.05) is 24.7 Å². The van der Waals surface area contributed by atoms with E-state index in [-0.39, 0.29) is 46.7 Å². The molecule has 0 unspecified atom stereocenters. The molecule has 2 aromatic heterocycles. The van der Waals surface area contributed by atoms with Gasteiger partial charge in [-0.05, 0) is 61.5 Å². The molecule has 0 aliphatic heterocycles. The number of halogens is 2. The van der Waals surface area contributed by atoms with Gasteiger partial charge in [-0.25, -0.2) is 27.5 Å². The molecule has 0 fully saturated rings. The lowest BCUT2D eigenvalue weighted by atomic mass is 10.2. The number of nitro groups is 1. The van der Waals surface area contributed by atoms with E-state index in [4.69, 9.17) is 53.4 Å². The number of carboxylic acid groups (broad SMARTS) is 2. The van der Waals surface area contributed by atoms with E-state index in [9.17, 15) is 32.9 Å². The molecule has 0 atom stereocenters. The Labute approximate surface area is 355 Å². The quantitative estimate of drug-likeness (QED) is 0.0409. The molecular formula is C37H33Cl2N9O12S. The molecule has 0 saturated heterocycles. The zero-order valence-electron chi connectivity index (χ0n) is 31.6. The monoisotopic (exact) mass is 897 g/mol. The summed E-state index contributed by atoms with van der Waals surface area (Å²) in [5.74, 6) is -1.38. The summed E-state index contributed by atoms with van der Waals surface area (Å²) >= 11 is 11.9. The van der Waals surface area contributed by atoms with Crippen molar-refractivity contribution >= 4 is 85.4 Å². The number of nitrogens with two attached hydrogens (primary N) is 1. The number of fused-ring (bicyclic) bond motifs is 1. The molecule has 21 nitrogen and oxygen atoms in total. The molecule has 4 aromatic carbocycles. The second-order valence-corrected chi connectivity index (χ2v) is 13.9. The first kappa shape index (κ1) is 46.1. The number of hydrogen-bond donors (Lipinski definition) is 6. The number of para-hydroxylation sites is 1. The Balaban J connectivity index is 0.000000210. The molecule has 7 N–H and O–H groups in total. The minimum atomic E-state index is -4.45. The predicted molar refractivity (Wildman–Crippen MR) is 222 cm³/mol. The van der Waals surface area contributed by atoms with Crippen LogP contribution in [0.1, 0.15) is 17.3 Å². The van der Waals surface area contributed by atoms with Crippen molar-refractivity contribution in [2.24, 2.45) is 0 Å². The third kappa shape index (κ3) is 13.0. The average Bonchev–Trinajstić information content (AvgIpc) is 3.23. The van der Waals surface area contributed by atoms with Crippen molar-refractivity contribution in [1.29, 1.82) is 0 Å². The number of aromatic nitrogens is 4. The molecule has 0 radical (unpaired) electrons. The van der Waals surface area contributed by atoms with Crippen LogP contribution >= 0.6 is 23.2 Å². The van der Waals surface area contributed by atoms with Gasteiger partial charge in [0.25, 0.3) is 15.7 Å². The average molecular weight is 899 g/mol. The van der Waals surface area contributed by atoms with Gasteiger partial charge in [0.2, 0.25) is 11.9 Å². The van der Waals surface area contributed by atoms with Gasteiger partial charge in [-0.15, -0.1) is 0 Å². The van der Waals surface area contributed by atoms with Gasteiger partial charge in [0.15, 0.2) is 6.61 Å². The molecule has 2 heterocycles. The maximum absolute atomic E-state index is 12.3. The Hall–Kier alpha value is -7.56. The van der Waals surface area contributed by atoms with Gasteiger partial charge < -0.3 is 35.5 Å². The van der Waals surface area contributed by atoms with Gasteiger partial charge in [-0.1, -0.05) is 53.5 Å². The van der Waals surface area contributed by atoms with Crippen molar-refractivity contribution in [2.45, 2.75) is 11.8 Å². The van der Waals surface area contributed by atoms with E-state index in [0.717, 1.165) is 17.5 Å². The van der Waals surface area contributed by atoms with E-state index in [1.165, 1.54) is 31.3 Å². The van der Waals surface area contributed by atoms with Crippen LogP contribution < -0.4 is 35.3 Å². The third-order valence-corrected chi connectivity index (χ3v) is 9.40. The molecule has 24 heteroatoms. The number of hydrogen-bond acceptors (Lipinski definition) is 16. The fraction of sp³-hybridized carbons (Fsp3) is 0.108. The number of nitrogen functional groups attached to an aromatic ring is 1. The number of anilines is 3. The van der Waals surface area contributed by atoms with Crippen molar-refractivity contribution < 1.29 is 52.1 Å². The molecule has 0 bridgehead atoms. The number of ether oxygens (including phenoxy) is 3. The normalized spacial score (nSPS) is 10.4. The van der Waals surface area contributed by atoms with Crippen molar-refractivity contribution in [3.63, 3.8) is 0 Å². The second-order valence-electron chi connectivity index (χ2n) is 11.4. The summed E-state index contributed by atoms with van der Waals surface area (Å²) in [6, 6.07) is 22.1. The summed E-state index contributed by atoms with van der Waals surface area (Å²) in [4.78, 5) is 58.8. The molecule has 318 valence electrons. The molecule has 0 spiro atoms. The van der Waals surface area contributed by atoms with Crippen LogP contribution in [0.3, 0.4) is 0 Å². The maximum Gasteiger partial charge on any atom is 0.341 e. The van der Waals surface area contributed by atoms with Crippen LogP contribution in [0, 0.1) is 10.1 Å². The van der Waals surface area contributed by atoms with E-state index in [1.807, 2.05) is 6.07 Å². The fourth-order valence-electron chi connectivity index (χ4n) is 4.68. The van der Waals surface area contributed by atoms with Crippen LogP contribution in [0.25, 0.3) is 10.9 Å². The summed E-state index contributed by atoms with van der Waals surface area (Å²) in [6.45, 7) is 1.57. The highest BCUT2D eigenvalue weighted by atomic mass is 35.5. The Morgan fingerprint density at radius 3 is 2.20 bits per heavy atom. The lowest BCUT2D eigenvalue weighted by molar-refractivity contribution is -0.383. The molecule has 2 amide bonds. The molecule has 61 heavy (non-hydrogen) atoms. The zero-order chi connectivity index (χ0) is 44.7. The van der Waals surface area contributed by atoms with E-state index in [2.05, 4.69) is 30.6 Å². The first-order valence-corrected chi connectivity index (χ1v) is 19.3. The summed E-state index contributed by atoms with van der Waals surface area (Å²) in [5, 5.41) is 34.4. The first-order chi connectivity index (χ1) is 29.0. The number of nitrogens with zero attached hydrogens (tertiary/aromatic N) is 5. The Morgan fingerprint density at radius 2 is 1.54 bits per heavy atom. The third-order valence-electron chi connectivity index (χ3n) is 7.29. The molecule has 6 rings (SSSR count). The number of sulfonamides is 1. The summed E-state index contributed by atoms with van der Waals surface area (Å²) in [7, 11) is -2.92. The van der Waals surface area contributed by atoms with Gasteiger partial charge in [-0.3, -0.25) is 20.4 Å². The summed E-state index contributed by atoms with van der Waals surface area (Å²) in [6.07, 6.45) is 1.60. The Morgan fingerprint density at radius 1 is 0.869 bits per heavy atom. The minimum Gasteiger partial charge on any atom is -0.480 e. The van der Waals surface area contributed by atoms with Crippen LogP contribution in [0.15, 0.2) is 102 Å². The summed E-state index contributed by atoms with van der Waals surface area (Å²) in [5.41, 5.74) is 5.34. The number of rotatable bonds is 13. The molecule has 6 aromatic rings. The van der Waals surface area contributed by atoms with Gasteiger partial charge in [0.1, 0.15) is 38.4 Å². The van der Waals surface area contributed by atoms with Crippen LogP contribution in [0.2, 0.25) is 10.0 Å². The molecule has 0 saturated carbocycles. The highest BCUT2D eigenvalue weighted by Crippen LogP contribution is 2.39. The van der Waals surface area contributed by atoms with E-state index in [1.54, 1.807) is 66.4 Å². The topological polar surface area (TPSA) is 310 Å². The van der Waals surface area contributed by atoms with Crippen LogP contribution in [-0.4, -0.2) is 81.7 Å². The van der Waals surface area contributed by atoms with Crippen LogP contribution in [-0.2, 0) is 14.8 Å². The fourth-order valence-corrected chi connectivity index (χ4v) is 6.21. The smallest absolute Gasteiger partial charge is 0.341 e. The zero-order valence-corrected chi connectivity index (χ0v) is 33.9. The summed E-state index contributed by atoms with van der Waals surface area (Å²) < 4.78 is 42.1. The SMILES string of the molecule is CCOc1nc(NC)nc(NC(=O)NS(=O)(=O)c2ccccc2C(=O)O)n1.Nc1c([N+](=O)[O-])ccc(Oc2ccccc2)c1Cl.O=C(O)COc1ccc(Cl)c2cccnc12. The van der Waals surface area contributed by atoms with E-state index < -0.39 is 50.0 Å². The second kappa shape index (κ2) is 21.4. The van der Waals surface area contributed by atoms with Crippen LogP contribution in [0.5, 0.6) is 23.3 Å². The lowest BCUT2D eigenvalue weighted by Crippen LogP contribution is -2.35. The van der Waals surface area contributed by atoms with E-state index >= 15 is 0 Å². The maximum atomic E-state index is 12.3. The minimum absolute atomic E-state index is 0.0352. The van der Waals surface area contributed by atoms with E-state index in [0.29, 0.717) is 22.0 Å². The number of carboxylic acids is 2. The molecule has 0 aliphatic rings. The number of nitro benzene ring substituents is 1. The van der Waals surface area contributed by atoms with Crippen molar-refractivity contribution in [2.75, 3.05) is 36.6 Å². The van der Waals surface area contributed by atoms with Gasteiger partial charge in [0.05, 0.1) is 22.1 Å². The van der Waals surface area contributed by atoms with Crippen molar-refractivity contribution in [3.8, 4) is 23.3 Å². The number of pyridine rings is 1. The van der Waals surface area contributed by atoms with Gasteiger partial charge in [-0.2, -0.15) is 15.0 Å². The number of urea groups is 1. The number of benzene rings is 4. The number of aliphatic carboxylic acids is 1. The Bertz CT molecular complexity index is 2660. The van der Waals surface area contributed by atoms with Crippen LogP contribution in [0.4, 0.5) is 28.1 Å². The number of nitrogens with one attached hydrogen (secondary N) is 3. The predicted octanol–water partition coefficient (Wildman–Crippen LogP) is 6.49. The number of carbonyl (C=O) groups is 3. The van der Waals surface area contributed by atoms with Crippen molar-refractivity contribution in [3.05, 3.63) is 123 Å². The van der Waals surface area contributed by atoms with Crippen molar-refractivity contribution in [1.82, 2.24) is 24.7 Å². The Kier molecular flexibility index (Phi) is 16.2. The number of carbonyl (C=O) groups excluding carboxylic acids is 1. The first-order valence-electron chi connectivity index (χ1n) is 17.1. The number of amides is 2.